The van der Waals surface area contributed by atoms with Crippen molar-refractivity contribution in [1.29, 1.82) is 0 Å². The largest absolute Gasteiger partial charge is 0.280 e. The average Bonchev–Trinajstić information content (AvgIpc) is 2.30. The zero-order valence-corrected chi connectivity index (χ0v) is 7.48. The summed E-state index contributed by atoms with van der Waals surface area (Å²) in [6.07, 6.45) is -1.01. The highest BCUT2D eigenvalue weighted by Crippen LogP contribution is 2.23. The van der Waals surface area contributed by atoms with Crippen LogP contribution < -0.4 is 0 Å². The summed E-state index contributed by atoms with van der Waals surface area (Å²) >= 11 is 3.10. The van der Waals surface area contributed by atoms with Crippen LogP contribution in [0.3, 0.4) is 0 Å². The van der Waals surface area contributed by atoms with E-state index in [1.807, 2.05) is 0 Å². The normalized spacial score (nSPS) is 11.0. The molecule has 2 nitrogen and oxygen atoms in total. The lowest BCUT2D eigenvalue weighted by atomic mass is 10.3. The van der Waals surface area contributed by atoms with Gasteiger partial charge in [-0.2, -0.15) is 5.10 Å². The van der Waals surface area contributed by atoms with Gasteiger partial charge in [0, 0.05) is 17.9 Å². The number of hydrogen-bond acceptors (Lipinski definition) is 1. The van der Waals surface area contributed by atoms with Gasteiger partial charge in [0.25, 0.3) is 6.43 Å². The summed E-state index contributed by atoms with van der Waals surface area (Å²) < 4.78 is 25.6. The molecule has 1 aromatic heterocycles. The van der Waals surface area contributed by atoms with Crippen LogP contribution in [-0.4, -0.2) is 9.78 Å². The van der Waals surface area contributed by atoms with Crippen LogP contribution in [0.5, 0.6) is 0 Å². The molecule has 0 saturated carbocycles. The predicted octanol–water partition coefficient (Wildman–Crippen LogP) is 2.25. The molecule has 11 heavy (non-hydrogen) atoms. The van der Waals surface area contributed by atoms with Crippen LogP contribution in [0.15, 0.2) is 6.20 Å². The lowest BCUT2D eigenvalue weighted by Crippen LogP contribution is -1.99. The minimum atomic E-state index is -2.45. The van der Waals surface area contributed by atoms with Gasteiger partial charge in [-0.15, -0.1) is 0 Å². The molecule has 0 bridgehead atoms. The standard InChI is InChI=1S/C6H7BrF2N2/c1-11-5(6(8)9)4(2-7)3-10-11/h3,6H,2H2,1H3. The molecule has 0 fully saturated rings. The molecule has 0 aromatic carbocycles. The molecule has 5 heteroatoms. The lowest BCUT2D eigenvalue weighted by Gasteiger charge is -2.01. The number of rotatable bonds is 2. The number of nitrogens with zero attached hydrogens (tertiary/aromatic N) is 2. The van der Waals surface area contributed by atoms with E-state index in [0.717, 1.165) is 0 Å². The first-order valence-electron chi connectivity index (χ1n) is 3.01. The Hall–Kier alpha value is -0.450. The van der Waals surface area contributed by atoms with Crippen LogP contribution in [0, 0.1) is 0 Å². The van der Waals surface area contributed by atoms with Crippen molar-refractivity contribution in [3.63, 3.8) is 0 Å². The number of halogens is 3. The Labute approximate surface area is 71.3 Å². The highest BCUT2D eigenvalue weighted by Gasteiger charge is 2.16. The first-order valence-corrected chi connectivity index (χ1v) is 4.14. The summed E-state index contributed by atoms with van der Waals surface area (Å²) in [5.41, 5.74) is 0.532. The quantitative estimate of drug-likeness (QED) is 0.705. The van der Waals surface area contributed by atoms with Crippen LogP contribution in [-0.2, 0) is 12.4 Å². The van der Waals surface area contributed by atoms with Crippen molar-refractivity contribution < 1.29 is 8.78 Å². The van der Waals surface area contributed by atoms with E-state index in [1.165, 1.54) is 17.9 Å². The summed E-state index contributed by atoms with van der Waals surface area (Å²) in [4.78, 5) is 0. The van der Waals surface area contributed by atoms with Crippen molar-refractivity contribution in [1.82, 2.24) is 9.78 Å². The first-order chi connectivity index (χ1) is 5.16. The highest BCUT2D eigenvalue weighted by atomic mass is 79.9. The van der Waals surface area contributed by atoms with Gasteiger partial charge in [-0.25, -0.2) is 8.78 Å². The Bertz CT molecular complexity index is 247. The van der Waals surface area contributed by atoms with Gasteiger partial charge in [-0.3, -0.25) is 4.68 Å². The molecule has 1 aromatic rings. The Morgan fingerprint density at radius 3 is 2.73 bits per heavy atom. The highest BCUT2D eigenvalue weighted by molar-refractivity contribution is 9.08. The zero-order chi connectivity index (χ0) is 8.43. The van der Waals surface area contributed by atoms with Crippen LogP contribution in [0.1, 0.15) is 17.7 Å². The Morgan fingerprint density at radius 2 is 2.36 bits per heavy atom. The summed E-state index contributed by atoms with van der Waals surface area (Å²) in [7, 11) is 1.51. The fraction of sp³-hybridized carbons (Fsp3) is 0.500. The van der Waals surface area contributed by atoms with Crippen LogP contribution in [0.25, 0.3) is 0 Å². The minimum absolute atomic E-state index is 0.0122. The summed E-state index contributed by atoms with van der Waals surface area (Å²) in [6.45, 7) is 0. The van der Waals surface area contributed by atoms with Crippen molar-refractivity contribution >= 4 is 15.9 Å². The molecule has 1 heterocycles. The lowest BCUT2D eigenvalue weighted by molar-refractivity contribution is 0.140. The molecule has 0 aliphatic heterocycles. The molecular weight excluding hydrogens is 218 g/mol. The molecule has 0 aliphatic rings. The second-order valence-corrected chi connectivity index (χ2v) is 2.67. The van der Waals surface area contributed by atoms with Crippen LogP contribution in [0.4, 0.5) is 8.78 Å². The second kappa shape index (κ2) is 3.30. The topological polar surface area (TPSA) is 17.8 Å². The van der Waals surface area contributed by atoms with Crippen LogP contribution in [0.2, 0.25) is 0 Å². The third-order valence-electron chi connectivity index (χ3n) is 1.42. The molecule has 0 unspecified atom stereocenters. The number of aromatic nitrogens is 2. The molecule has 0 aliphatic carbocycles. The van der Waals surface area contributed by atoms with Gasteiger partial charge in [-0.1, -0.05) is 15.9 Å². The maximum Gasteiger partial charge on any atom is 0.280 e. The molecule has 0 spiro atoms. The van der Waals surface area contributed by atoms with Crippen molar-refractivity contribution in [2.75, 3.05) is 0 Å². The van der Waals surface area contributed by atoms with Gasteiger partial charge in [0.1, 0.15) is 5.69 Å². The van der Waals surface area contributed by atoms with Crippen LogP contribution >= 0.6 is 15.9 Å². The molecule has 0 N–H and O–H groups in total. The molecule has 62 valence electrons. The van der Waals surface area contributed by atoms with E-state index in [9.17, 15) is 8.78 Å². The van der Waals surface area contributed by atoms with Gasteiger partial charge in [0.05, 0.1) is 6.20 Å². The van der Waals surface area contributed by atoms with Crippen molar-refractivity contribution in [3.05, 3.63) is 17.5 Å². The van der Waals surface area contributed by atoms with E-state index in [0.29, 0.717) is 10.9 Å². The maximum absolute atomic E-state index is 12.2. The fourth-order valence-electron chi connectivity index (χ4n) is 0.877. The van der Waals surface area contributed by atoms with Crippen molar-refractivity contribution in [2.45, 2.75) is 11.8 Å². The van der Waals surface area contributed by atoms with E-state index in [2.05, 4.69) is 21.0 Å². The molecule has 0 saturated heterocycles. The van der Waals surface area contributed by atoms with Gasteiger partial charge in [-0.05, 0) is 0 Å². The van der Waals surface area contributed by atoms with E-state index in [4.69, 9.17) is 0 Å². The third kappa shape index (κ3) is 1.58. The van der Waals surface area contributed by atoms with Crippen molar-refractivity contribution in [2.24, 2.45) is 7.05 Å². The van der Waals surface area contributed by atoms with E-state index in [1.54, 1.807) is 0 Å². The Kier molecular flexibility index (Phi) is 2.59. The Morgan fingerprint density at radius 1 is 1.73 bits per heavy atom. The molecule has 0 radical (unpaired) electrons. The molecular formula is C6H7BrF2N2. The number of hydrogen-bond donors (Lipinski definition) is 0. The molecule has 0 atom stereocenters. The van der Waals surface area contributed by atoms with E-state index in [-0.39, 0.29) is 5.69 Å². The first kappa shape index (κ1) is 8.64. The predicted molar refractivity (Wildman–Crippen MR) is 40.8 cm³/mol. The monoisotopic (exact) mass is 224 g/mol. The third-order valence-corrected chi connectivity index (χ3v) is 2.02. The minimum Gasteiger partial charge on any atom is -0.267 e. The van der Waals surface area contributed by atoms with Crippen molar-refractivity contribution in [3.8, 4) is 0 Å². The average molecular weight is 225 g/mol. The Balaban J connectivity index is 3.07. The maximum atomic E-state index is 12.2. The second-order valence-electron chi connectivity index (χ2n) is 2.11. The number of alkyl halides is 3. The summed E-state index contributed by atoms with van der Waals surface area (Å²) in [6, 6.07) is 0. The SMILES string of the molecule is Cn1ncc(CBr)c1C(F)F. The smallest absolute Gasteiger partial charge is 0.267 e. The summed E-state index contributed by atoms with van der Waals surface area (Å²) in [5, 5.41) is 4.13. The fourth-order valence-corrected chi connectivity index (χ4v) is 1.31. The van der Waals surface area contributed by atoms with Gasteiger partial charge in [0.15, 0.2) is 0 Å². The van der Waals surface area contributed by atoms with Gasteiger partial charge < -0.3 is 0 Å². The molecule has 1 rings (SSSR count). The van der Waals surface area contributed by atoms with Gasteiger partial charge >= 0.3 is 0 Å². The number of aryl methyl sites for hydroxylation is 1. The summed E-state index contributed by atoms with van der Waals surface area (Å²) in [5.74, 6) is 0. The van der Waals surface area contributed by atoms with E-state index < -0.39 is 6.43 Å². The van der Waals surface area contributed by atoms with Gasteiger partial charge in [0.2, 0.25) is 0 Å². The molecule has 0 amide bonds. The van der Waals surface area contributed by atoms with E-state index >= 15 is 0 Å². The zero-order valence-electron chi connectivity index (χ0n) is 5.89.